The smallest absolute Gasteiger partial charge is 0.0712 e. The predicted octanol–water partition coefficient (Wildman–Crippen LogP) is 4.32. The van der Waals surface area contributed by atoms with Crippen molar-refractivity contribution in [2.75, 3.05) is 19.6 Å². The number of piperidine rings is 1. The standard InChI is InChI=1S/C16H24ClN/c1-12-6-8-18(9-7-12)11-16(17)15-5-4-13(2)14(3)10-15/h4-5,10,12,16H,6-9,11H2,1-3H3. The molecule has 2 heteroatoms. The fourth-order valence-electron chi connectivity index (χ4n) is 2.54. The van der Waals surface area contributed by atoms with E-state index < -0.39 is 0 Å². The van der Waals surface area contributed by atoms with Gasteiger partial charge in [0.2, 0.25) is 0 Å². The summed E-state index contributed by atoms with van der Waals surface area (Å²) in [4.78, 5) is 2.51. The molecule has 0 aromatic heterocycles. The van der Waals surface area contributed by atoms with Gasteiger partial charge in [-0.15, -0.1) is 11.6 Å². The van der Waals surface area contributed by atoms with Gasteiger partial charge in [-0.2, -0.15) is 0 Å². The van der Waals surface area contributed by atoms with E-state index in [9.17, 15) is 0 Å². The summed E-state index contributed by atoms with van der Waals surface area (Å²) >= 11 is 6.56. The Morgan fingerprint density at radius 3 is 2.50 bits per heavy atom. The Balaban J connectivity index is 1.94. The number of hydrogen-bond acceptors (Lipinski definition) is 1. The van der Waals surface area contributed by atoms with Gasteiger partial charge in [-0.1, -0.05) is 25.1 Å². The minimum Gasteiger partial charge on any atom is -0.302 e. The lowest BCUT2D eigenvalue weighted by Crippen LogP contribution is -2.35. The molecule has 100 valence electrons. The van der Waals surface area contributed by atoms with Gasteiger partial charge in [0.1, 0.15) is 0 Å². The summed E-state index contributed by atoms with van der Waals surface area (Å²) in [5.74, 6) is 0.886. The third kappa shape index (κ3) is 3.49. The van der Waals surface area contributed by atoms with Crippen LogP contribution in [0, 0.1) is 19.8 Å². The third-order valence-electron chi connectivity index (χ3n) is 4.19. The highest BCUT2D eigenvalue weighted by Crippen LogP contribution is 2.26. The van der Waals surface area contributed by atoms with Gasteiger partial charge in [-0.3, -0.25) is 0 Å². The monoisotopic (exact) mass is 265 g/mol. The number of nitrogens with zero attached hydrogens (tertiary/aromatic N) is 1. The van der Waals surface area contributed by atoms with Crippen molar-refractivity contribution >= 4 is 11.6 Å². The molecule has 1 nitrogen and oxygen atoms in total. The maximum Gasteiger partial charge on any atom is 0.0712 e. The van der Waals surface area contributed by atoms with Crippen LogP contribution in [-0.2, 0) is 0 Å². The van der Waals surface area contributed by atoms with Crippen molar-refractivity contribution in [1.82, 2.24) is 4.90 Å². The Labute approximate surface area is 116 Å². The summed E-state index contributed by atoms with van der Waals surface area (Å²) in [7, 11) is 0. The molecule has 2 rings (SSSR count). The number of hydrogen-bond donors (Lipinski definition) is 0. The van der Waals surface area contributed by atoms with Crippen molar-refractivity contribution in [1.29, 1.82) is 0 Å². The molecule has 0 spiro atoms. The number of likely N-dealkylation sites (tertiary alicyclic amines) is 1. The Hall–Kier alpha value is -0.530. The van der Waals surface area contributed by atoms with Gasteiger partial charge in [0.25, 0.3) is 0 Å². The van der Waals surface area contributed by atoms with Crippen LogP contribution in [0.15, 0.2) is 18.2 Å². The Kier molecular flexibility index (Phi) is 4.69. The summed E-state index contributed by atoms with van der Waals surface area (Å²) in [5, 5.41) is 0.123. The van der Waals surface area contributed by atoms with Crippen LogP contribution in [-0.4, -0.2) is 24.5 Å². The average molecular weight is 266 g/mol. The normalized spacial score (nSPS) is 20.0. The maximum absolute atomic E-state index is 6.56. The molecule has 1 saturated heterocycles. The van der Waals surface area contributed by atoms with Gasteiger partial charge in [0.15, 0.2) is 0 Å². The van der Waals surface area contributed by atoms with Crippen LogP contribution in [0.5, 0.6) is 0 Å². The molecule has 1 aliphatic heterocycles. The summed E-state index contributed by atoms with van der Waals surface area (Å²) < 4.78 is 0. The van der Waals surface area contributed by atoms with Crippen LogP contribution in [0.1, 0.15) is 41.8 Å². The van der Waals surface area contributed by atoms with Crippen LogP contribution < -0.4 is 0 Å². The minimum absolute atomic E-state index is 0.123. The SMILES string of the molecule is Cc1ccc(C(Cl)CN2CCC(C)CC2)cc1C. The largest absolute Gasteiger partial charge is 0.302 e. The lowest BCUT2D eigenvalue weighted by atomic mass is 9.98. The maximum atomic E-state index is 6.56. The molecule has 0 saturated carbocycles. The van der Waals surface area contributed by atoms with Crippen molar-refractivity contribution in [3.05, 3.63) is 34.9 Å². The predicted molar refractivity (Wildman–Crippen MR) is 79.3 cm³/mol. The molecule has 1 fully saturated rings. The van der Waals surface area contributed by atoms with Crippen molar-refractivity contribution in [2.24, 2.45) is 5.92 Å². The van der Waals surface area contributed by atoms with E-state index in [1.54, 1.807) is 0 Å². The molecule has 0 aliphatic carbocycles. The van der Waals surface area contributed by atoms with Gasteiger partial charge < -0.3 is 4.90 Å². The molecule has 1 aromatic carbocycles. The number of alkyl halides is 1. The summed E-state index contributed by atoms with van der Waals surface area (Å²) in [6, 6.07) is 6.59. The van der Waals surface area contributed by atoms with E-state index in [-0.39, 0.29) is 5.38 Å². The Bertz CT molecular complexity index is 394. The number of rotatable bonds is 3. The van der Waals surface area contributed by atoms with Crippen molar-refractivity contribution < 1.29 is 0 Å². The number of benzene rings is 1. The molecule has 18 heavy (non-hydrogen) atoms. The molecular weight excluding hydrogens is 242 g/mol. The molecule has 1 aliphatic rings. The second kappa shape index (κ2) is 6.08. The van der Waals surface area contributed by atoms with E-state index in [1.165, 1.54) is 42.6 Å². The second-order valence-electron chi connectivity index (χ2n) is 5.79. The van der Waals surface area contributed by atoms with Gasteiger partial charge in [-0.05, 0) is 62.4 Å². The number of halogens is 1. The third-order valence-corrected chi connectivity index (χ3v) is 4.58. The fourth-order valence-corrected chi connectivity index (χ4v) is 2.87. The van der Waals surface area contributed by atoms with Crippen LogP contribution in [0.2, 0.25) is 0 Å². The second-order valence-corrected chi connectivity index (χ2v) is 6.32. The fraction of sp³-hybridized carbons (Fsp3) is 0.625. The summed E-state index contributed by atoms with van der Waals surface area (Å²) in [6.07, 6.45) is 2.63. The Morgan fingerprint density at radius 2 is 1.89 bits per heavy atom. The highest BCUT2D eigenvalue weighted by Gasteiger charge is 2.19. The first-order valence-electron chi connectivity index (χ1n) is 7.00. The first-order chi connectivity index (χ1) is 8.56. The molecule has 1 heterocycles. The topological polar surface area (TPSA) is 3.24 Å². The van der Waals surface area contributed by atoms with Gasteiger partial charge in [-0.25, -0.2) is 0 Å². The molecule has 0 radical (unpaired) electrons. The van der Waals surface area contributed by atoms with E-state index >= 15 is 0 Å². The van der Waals surface area contributed by atoms with Crippen molar-refractivity contribution in [3.63, 3.8) is 0 Å². The van der Waals surface area contributed by atoms with E-state index in [1.807, 2.05) is 0 Å². The highest BCUT2D eigenvalue weighted by atomic mass is 35.5. The summed E-state index contributed by atoms with van der Waals surface area (Å²) in [6.45, 7) is 10.0. The zero-order chi connectivity index (χ0) is 13.1. The highest BCUT2D eigenvalue weighted by molar-refractivity contribution is 6.21. The van der Waals surface area contributed by atoms with Crippen LogP contribution >= 0.6 is 11.6 Å². The molecular formula is C16H24ClN. The zero-order valence-electron chi connectivity index (χ0n) is 11.7. The van der Waals surface area contributed by atoms with Gasteiger partial charge in [0.05, 0.1) is 5.38 Å². The zero-order valence-corrected chi connectivity index (χ0v) is 12.5. The van der Waals surface area contributed by atoms with E-state index in [0.717, 1.165) is 12.5 Å². The van der Waals surface area contributed by atoms with Crippen LogP contribution in [0.3, 0.4) is 0 Å². The van der Waals surface area contributed by atoms with E-state index in [2.05, 4.69) is 43.9 Å². The lowest BCUT2D eigenvalue weighted by Gasteiger charge is -2.31. The lowest BCUT2D eigenvalue weighted by molar-refractivity contribution is 0.192. The molecule has 0 bridgehead atoms. The average Bonchev–Trinajstić information content (AvgIpc) is 2.35. The van der Waals surface area contributed by atoms with E-state index in [4.69, 9.17) is 11.6 Å². The van der Waals surface area contributed by atoms with Gasteiger partial charge >= 0.3 is 0 Å². The molecule has 0 N–H and O–H groups in total. The molecule has 0 amide bonds. The first-order valence-corrected chi connectivity index (χ1v) is 7.43. The van der Waals surface area contributed by atoms with Crippen LogP contribution in [0.4, 0.5) is 0 Å². The quantitative estimate of drug-likeness (QED) is 0.736. The van der Waals surface area contributed by atoms with Crippen molar-refractivity contribution in [2.45, 2.75) is 39.0 Å². The molecule has 1 unspecified atom stereocenters. The Morgan fingerprint density at radius 1 is 1.22 bits per heavy atom. The summed E-state index contributed by atoms with van der Waals surface area (Å²) in [5.41, 5.74) is 3.94. The van der Waals surface area contributed by atoms with Crippen molar-refractivity contribution in [3.8, 4) is 0 Å². The van der Waals surface area contributed by atoms with Gasteiger partial charge in [0, 0.05) is 6.54 Å². The van der Waals surface area contributed by atoms with E-state index in [0.29, 0.717) is 0 Å². The molecule has 1 aromatic rings. The first kappa shape index (κ1) is 13.9. The number of aryl methyl sites for hydroxylation is 2. The minimum atomic E-state index is 0.123. The molecule has 1 atom stereocenters. The van der Waals surface area contributed by atoms with Crippen LogP contribution in [0.25, 0.3) is 0 Å².